The highest BCUT2D eigenvalue weighted by Gasteiger charge is 2.07. The van der Waals surface area contributed by atoms with Crippen molar-refractivity contribution in [3.63, 3.8) is 0 Å². The number of hydrogen-bond acceptors (Lipinski definition) is 3. The number of nitrogens with one attached hydrogen (secondary N) is 2. The van der Waals surface area contributed by atoms with Gasteiger partial charge in [-0.25, -0.2) is 9.78 Å². The summed E-state index contributed by atoms with van der Waals surface area (Å²) in [7, 11) is 0. The van der Waals surface area contributed by atoms with Crippen molar-refractivity contribution in [2.24, 2.45) is 0 Å². The second kappa shape index (κ2) is 6.58. The van der Waals surface area contributed by atoms with Crippen molar-refractivity contribution >= 4 is 32.7 Å². The number of anilines is 1. The van der Waals surface area contributed by atoms with E-state index in [1.54, 1.807) is 0 Å². The first-order valence-corrected chi connectivity index (χ1v) is 8.04. The largest absolute Gasteiger partial charge is 0.338 e. The van der Waals surface area contributed by atoms with Crippen molar-refractivity contribution < 1.29 is 4.79 Å². The van der Waals surface area contributed by atoms with E-state index in [0.717, 1.165) is 16.6 Å². The Kier molecular flexibility index (Phi) is 4.34. The maximum Gasteiger partial charge on any atom is 0.321 e. The molecule has 0 unspecified atom stereocenters. The van der Waals surface area contributed by atoms with E-state index < -0.39 is 0 Å². The Morgan fingerprint density at radius 2 is 1.95 bits per heavy atom. The van der Waals surface area contributed by atoms with Crippen LogP contribution in [0, 0.1) is 0 Å². The third kappa shape index (κ3) is 3.43. The van der Waals surface area contributed by atoms with Crippen LogP contribution in [-0.2, 0) is 6.42 Å². The van der Waals surface area contributed by atoms with E-state index in [-0.39, 0.29) is 6.03 Å². The first kappa shape index (κ1) is 14.5. The lowest BCUT2D eigenvalue weighted by Crippen LogP contribution is -2.28. The molecule has 1 aromatic heterocycles. The summed E-state index contributed by atoms with van der Waals surface area (Å²) in [5.74, 6) is 0. The first-order valence-electron chi connectivity index (χ1n) is 7.23. The van der Waals surface area contributed by atoms with Gasteiger partial charge in [0.15, 0.2) is 5.13 Å². The molecule has 2 amide bonds. The molecular formula is C17H17N3OS. The number of nitrogens with zero attached hydrogens (tertiary/aromatic N) is 1. The van der Waals surface area contributed by atoms with Gasteiger partial charge in [-0.05, 0) is 36.6 Å². The summed E-state index contributed by atoms with van der Waals surface area (Å²) in [5, 5.41) is 6.08. The molecule has 1 heterocycles. The highest BCUT2D eigenvalue weighted by Crippen LogP contribution is 2.27. The molecule has 0 aliphatic rings. The molecule has 2 aromatic carbocycles. The van der Waals surface area contributed by atoms with Gasteiger partial charge in [0.2, 0.25) is 0 Å². The van der Waals surface area contributed by atoms with E-state index in [1.807, 2.05) is 19.1 Å². The highest BCUT2D eigenvalue weighted by atomic mass is 32.1. The summed E-state index contributed by atoms with van der Waals surface area (Å²) in [6, 6.07) is 16.4. The SMILES string of the molecule is CCNC(=O)Nc1nc2ccc(Cc3ccccc3)cc2s1. The van der Waals surface area contributed by atoms with Gasteiger partial charge in [0, 0.05) is 6.54 Å². The van der Waals surface area contributed by atoms with E-state index in [4.69, 9.17) is 0 Å². The lowest BCUT2D eigenvalue weighted by atomic mass is 10.1. The number of thiazole rings is 1. The van der Waals surface area contributed by atoms with Crippen LogP contribution in [0.2, 0.25) is 0 Å². The molecule has 3 aromatic rings. The second-order valence-electron chi connectivity index (χ2n) is 4.97. The van der Waals surface area contributed by atoms with Crippen LogP contribution < -0.4 is 10.6 Å². The summed E-state index contributed by atoms with van der Waals surface area (Å²) in [5.41, 5.74) is 3.44. The number of rotatable bonds is 4. The fraction of sp³-hybridized carbons (Fsp3) is 0.176. The van der Waals surface area contributed by atoms with Crippen LogP contribution in [0.4, 0.5) is 9.93 Å². The topological polar surface area (TPSA) is 54.0 Å². The number of benzene rings is 2. The molecule has 0 aliphatic heterocycles. The molecular weight excluding hydrogens is 294 g/mol. The van der Waals surface area contributed by atoms with Gasteiger partial charge in [-0.15, -0.1) is 0 Å². The van der Waals surface area contributed by atoms with Crippen LogP contribution in [-0.4, -0.2) is 17.6 Å². The van der Waals surface area contributed by atoms with Crippen molar-refractivity contribution in [2.45, 2.75) is 13.3 Å². The standard InChI is InChI=1S/C17H17N3OS/c1-2-18-16(21)20-17-19-14-9-8-13(11-15(14)22-17)10-12-6-4-3-5-7-12/h3-9,11H,2,10H2,1H3,(H2,18,19,20,21). The normalized spacial score (nSPS) is 10.6. The van der Waals surface area contributed by atoms with Crippen LogP contribution in [0.3, 0.4) is 0 Å². The maximum absolute atomic E-state index is 11.5. The fourth-order valence-corrected chi connectivity index (χ4v) is 3.19. The number of carbonyl (C=O) groups is 1. The molecule has 0 bridgehead atoms. The van der Waals surface area contributed by atoms with Gasteiger partial charge in [-0.3, -0.25) is 5.32 Å². The van der Waals surface area contributed by atoms with Crippen molar-refractivity contribution in [1.82, 2.24) is 10.3 Å². The van der Waals surface area contributed by atoms with Gasteiger partial charge in [0.25, 0.3) is 0 Å². The number of carbonyl (C=O) groups excluding carboxylic acids is 1. The summed E-state index contributed by atoms with van der Waals surface area (Å²) in [6.45, 7) is 2.48. The first-order chi connectivity index (χ1) is 10.7. The monoisotopic (exact) mass is 311 g/mol. The molecule has 5 heteroatoms. The number of hydrogen-bond donors (Lipinski definition) is 2. The minimum absolute atomic E-state index is 0.217. The molecule has 3 rings (SSSR count). The zero-order valence-electron chi connectivity index (χ0n) is 12.3. The van der Waals surface area contributed by atoms with Crippen LogP contribution >= 0.6 is 11.3 Å². The van der Waals surface area contributed by atoms with Crippen molar-refractivity contribution in [1.29, 1.82) is 0 Å². The third-order valence-corrected chi connectivity index (χ3v) is 4.20. The average Bonchev–Trinajstić information content (AvgIpc) is 2.90. The Bertz CT molecular complexity index is 783. The molecule has 0 aliphatic carbocycles. The smallest absolute Gasteiger partial charge is 0.321 e. The van der Waals surface area contributed by atoms with Gasteiger partial charge in [-0.1, -0.05) is 47.7 Å². The van der Waals surface area contributed by atoms with Crippen molar-refractivity contribution in [2.75, 3.05) is 11.9 Å². The Morgan fingerprint density at radius 3 is 2.73 bits per heavy atom. The highest BCUT2D eigenvalue weighted by molar-refractivity contribution is 7.22. The quantitative estimate of drug-likeness (QED) is 0.764. The molecule has 22 heavy (non-hydrogen) atoms. The van der Waals surface area contributed by atoms with Crippen LogP contribution in [0.15, 0.2) is 48.5 Å². The van der Waals surface area contributed by atoms with Crippen LogP contribution in [0.5, 0.6) is 0 Å². The molecule has 2 N–H and O–H groups in total. The predicted octanol–water partition coefficient (Wildman–Crippen LogP) is 4.03. The molecule has 0 radical (unpaired) electrons. The average molecular weight is 311 g/mol. The lowest BCUT2D eigenvalue weighted by molar-refractivity contribution is 0.252. The van der Waals surface area contributed by atoms with Gasteiger partial charge in [0.05, 0.1) is 10.2 Å². The Balaban J connectivity index is 1.79. The molecule has 112 valence electrons. The summed E-state index contributed by atoms with van der Waals surface area (Å²) in [6.07, 6.45) is 0.897. The molecule has 0 atom stereocenters. The summed E-state index contributed by atoms with van der Waals surface area (Å²) >= 11 is 1.49. The minimum Gasteiger partial charge on any atom is -0.338 e. The molecule has 0 spiro atoms. The predicted molar refractivity (Wildman–Crippen MR) is 91.6 cm³/mol. The van der Waals surface area contributed by atoms with Gasteiger partial charge in [-0.2, -0.15) is 0 Å². The van der Waals surface area contributed by atoms with Crippen LogP contribution in [0.1, 0.15) is 18.1 Å². The van der Waals surface area contributed by atoms with E-state index in [2.05, 4.69) is 52.0 Å². The van der Waals surface area contributed by atoms with Gasteiger partial charge >= 0.3 is 6.03 Å². The Labute approximate surface area is 133 Å². The maximum atomic E-state index is 11.5. The zero-order chi connectivity index (χ0) is 15.4. The summed E-state index contributed by atoms with van der Waals surface area (Å²) in [4.78, 5) is 16.0. The number of fused-ring (bicyclic) bond motifs is 1. The number of aromatic nitrogens is 1. The van der Waals surface area contributed by atoms with E-state index in [9.17, 15) is 4.79 Å². The number of urea groups is 1. The lowest BCUT2D eigenvalue weighted by Gasteiger charge is -2.01. The number of amides is 2. The third-order valence-electron chi connectivity index (χ3n) is 3.26. The van der Waals surface area contributed by atoms with E-state index in [0.29, 0.717) is 11.7 Å². The zero-order valence-corrected chi connectivity index (χ0v) is 13.1. The Morgan fingerprint density at radius 1 is 1.14 bits per heavy atom. The van der Waals surface area contributed by atoms with Crippen LogP contribution in [0.25, 0.3) is 10.2 Å². The molecule has 0 saturated heterocycles. The summed E-state index contributed by atoms with van der Waals surface area (Å²) < 4.78 is 1.08. The van der Waals surface area contributed by atoms with E-state index >= 15 is 0 Å². The van der Waals surface area contributed by atoms with Crippen molar-refractivity contribution in [3.8, 4) is 0 Å². The molecule has 4 nitrogen and oxygen atoms in total. The fourth-order valence-electron chi connectivity index (χ4n) is 2.27. The second-order valence-corrected chi connectivity index (χ2v) is 6.00. The van der Waals surface area contributed by atoms with Gasteiger partial charge < -0.3 is 5.32 Å². The minimum atomic E-state index is -0.217. The molecule has 0 fully saturated rings. The molecule has 0 saturated carbocycles. The van der Waals surface area contributed by atoms with Gasteiger partial charge in [0.1, 0.15) is 0 Å². The Hall–Kier alpha value is -2.40. The van der Waals surface area contributed by atoms with E-state index in [1.165, 1.54) is 22.5 Å². The van der Waals surface area contributed by atoms with Crippen molar-refractivity contribution in [3.05, 3.63) is 59.7 Å².